The van der Waals surface area contributed by atoms with Gasteiger partial charge in [0.25, 0.3) is 0 Å². The zero-order valence-corrected chi connectivity index (χ0v) is 12.8. The van der Waals surface area contributed by atoms with E-state index in [2.05, 4.69) is 13.1 Å². The quantitative estimate of drug-likeness (QED) is 0.251. The summed E-state index contributed by atoms with van der Waals surface area (Å²) in [7, 11) is -15.4. The summed E-state index contributed by atoms with van der Waals surface area (Å²) in [6, 6.07) is -0.718. The molecule has 0 aliphatic carbocycles. The SMILES string of the molecule is [2H][B]C1CC(O)C(COP(=O)(O)OP(=O)(O)OP(=O)(O)O)O1. The molecule has 5 atom stereocenters. The Morgan fingerprint density at radius 2 is 1.81 bits per heavy atom. The summed E-state index contributed by atoms with van der Waals surface area (Å²) < 4.78 is 56.1. The van der Waals surface area contributed by atoms with Crippen molar-refractivity contribution in [2.75, 3.05) is 6.61 Å². The van der Waals surface area contributed by atoms with Gasteiger partial charge in [0.15, 0.2) is 0 Å². The van der Waals surface area contributed by atoms with Gasteiger partial charge in [-0.2, -0.15) is 8.62 Å². The Hall–Kier alpha value is 0.395. The highest BCUT2D eigenvalue weighted by Crippen LogP contribution is 2.66. The van der Waals surface area contributed by atoms with Crippen LogP contribution in [0, 0.1) is 0 Å². The maximum atomic E-state index is 11.4. The van der Waals surface area contributed by atoms with Crippen molar-refractivity contribution in [3.8, 4) is 0 Å². The third-order valence-corrected chi connectivity index (χ3v) is 5.87. The standard InChI is InChI=1S/C5H13BO12P3/c6-5-1-3(7)4(16-5)2-15-20(11,12)18-21(13,14)17-19(8,9)10/h3-7H,1-2H2,(H,11,12)(H,13,14)(H2,8,9,10)/i6D. The lowest BCUT2D eigenvalue weighted by atomic mass is 9.96. The fraction of sp³-hybridized carbons (Fsp3) is 1.00. The number of rotatable bonds is 8. The molecule has 1 radical (unpaired) electrons. The van der Waals surface area contributed by atoms with Gasteiger partial charge in [-0.3, -0.25) is 4.52 Å². The van der Waals surface area contributed by atoms with Gasteiger partial charge in [0, 0.05) is 6.00 Å². The number of hydrogen-bond donors (Lipinski definition) is 5. The molecule has 21 heavy (non-hydrogen) atoms. The van der Waals surface area contributed by atoms with E-state index in [1.54, 1.807) is 0 Å². The molecule has 5 N–H and O–H groups in total. The van der Waals surface area contributed by atoms with E-state index in [4.69, 9.17) is 20.8 Å². The van der Waals surface area contributed by atoms with Crippen LogP contribution < -0.4 is 0 Å². The van der Waals surface area contributed by atoms with Crippen molar-refractivity contribution in [2.24, 2.45) is 0 Å². The summed E-state index contributed by atoms with van der Waals surface area (Å²) >= 11 is 0. The van der Waals surface area contributed by atoms with Crippen LogP contribution in [0.1, 0.15) is 6.42 Å². The molecule has 0 bridgehead atoms. The van der Waals surface area contributed by atoms with Gasteiger partial charge in [-0.1, -0.05) is 0 Å². The number of phosphoric acid groups is 3. The van der Waals surface area contributed by atoms with Crippen molar-refractivity contribution in [1.29, 1.82) is 1.34 Å². The van der Waals surface area contributed by atoms with E-state index < -0.39 is 48.3 Å². The minimum absolute atomic E-state index is 0.0495. The van der Waals surface area contributed by atoms with E-state index in [1.807, 2.05) is 0 Å². The molecule has 1 heterocycles. The fourth-order valence-electron chi connectivity index (χ4n) is 1.38. The van der Waals surface area contributed by atoms with Gasteiger partial charge in [-0.15, -0.1) is 0 Å². The largest absolute Gasteiger partial charge is 0.490 e. The number of phosphoric ester groups is 1. The molecule has 0 aromatic carbocycles. The second-order valence-corrected chi connectivity index (χ2v) is 8.32. The molecule has 16 heteroatoms. The molecule has 1 saturated heterocycles. The van der Waals surface area contributed by atoms with Crippen LogP contribution in [0.5, 0.6) is 0 Å². The monoisotopic (exact) mass is 370 g/mol. The topological polar surface area (TPSA) is 189 Å². The molecular weight excluding hydrogens is 356 g/mol. The molecule has 0 amide bonds. The number of aliphatic hydroxyl groups excluding tert-OH is 1. The molecule has 0 aromatic rings. The Labute approximate surface area is 121 Å². The predicted octanol–water partition coefficient (Wildman–Crippen LogP) is -1.29. The van der Waals surface area contributed by atoms with E-state index in [0.29, 0.717) is 0 Å². The highest BCUT2D eigenvalue weighted by atomic mass is 31.3. The van der Waals surface area contributed by atoms with Gasteiger partial charge in [0.2, 0.25) is 0 Å². The smallest absolute Gasteiger partial charge is 0.390 e. The van der Waals surface area contributed by atoms with Crippen LogP contribution >= 0.6 is 23.5 Å². The molecule has 12 nitrogen and oxygen atoms in total. The van der Waals surface area contributed by atoms with Gasteiger partial charge >= 0.3 is 23.5 Å². The van der Waals surface area contributed by atoms with Crippen LogP contribution in [0.15, 0.2) is 0 Å². The van der Waals surface area contributed by atoms with Crippen LogP contribution in [0.25, 0.3) is 0 Å². The van der Waals surface area contributed by atoms with Crippen LogP contribution in [0.2, 0.25) is 0 Å². The van der Waals surface area contributed by atoms with Crippen LogP contribution in [-0.2, 0) is 31.6 Å². The third kappa shape index (κ3) is 7.47. The lowest BCUT2D eigenvalue weighted by Gasteiger charge is -2.19. The highest BCUT2D eigenvalue weighted by molar-refractivity contribution is 7.66. The Bertz CT molecular complexity index is 523. The average Bonchev–Trinajstić information content (AvgIpc) is 2.62. The van der Waals surface area contributed by atoms with Crippen LogP contribution in [0.4, 0.5) is 0 Å². The molecule has 0 spiro atoms. The molecule has 1 aliphatic rings. The third-order valence-electron chi connectivity index (χ3n) is 2.07. The summed E-state index contributed by atoms with van der Waals surface area (Å²) in [4.78, 5) is 34.8. The minimum Gasteiger partial charge on any atom is -0.390 e. The zero-order chi connectivity index (χ0) is 17.2. The maximum Gasteiger partial charge on any atom is 0.490 e. The van der Waals surface area contributed by atoms with Crippen molar-refractivity contribution in [3.63, 3.8) is 0 Å². The molecule has 0 aromatic heterocycles. The second-order valence-electron chi connectivity index (χ2n) is 3.90. The van der Waals surface area contributed by atoms with Crippen molar-refractivity contribution >= 4 is 31.3 Å². The first-order chi connectivity index (χ1) is 9.84. The van der Waals surface area contributed by atoms with Gasteiger partial charge < -0.3 is 29.4 Å². The Balaban J connectivity index is 2.56. The molecule has 0 saturated carbocycles. The molecule has 1 rings (SSSR count). The summed E-state index contributed by atoms with van der Waals surface area (Å²) in [6.07, 6.45) is -2.16. The fourth-order valence-corrected chi connectivity index (χ4v) is 4.41. The zero-order valence-electron chi connectivity index (χ0n) is 11.2. The lowest BCUT2D eigenvalue weighted by Crippen LogP contribution is -2.26. The number of hydrogen-bond acceptors (Lipinski definition) is 8. The van der Waals surface area contributed by atoms with Crippen molar-refractivity contribution in [3.05, 3.63) is 0 Å². The predicted molar refractivity (Wildman–Crippen MR) is 66.3 cm³/mol. The van der Waals surface area contributed by atoms with Crippen LogP contribution in [0.3, 0.4) is 0 Å². The van der Waals surface area contributed by atoms with Crippen molar-refractivity contribution < 1.29 is 56.3 Å². The normalized spacial score (nSPS) is 33.0. The molecule has 1 fully saturated rings. The molecule has 5 unspecified atom stereocenters. The maximum absolute atomic E-state index is 11.4. The van der Waals surface area contributed by atoms with Crippen LogP contribution in [-0.4, -0.2) is 58.6 Å². The van der Waals surface area contributed by atoms with E-state index in [0.717, 1.165) is 7.81 Å². The molecule has 1 aliphatic heterocycles. The molecular formula is C5H13BO12P3. The van der Waals surface area contributed by atoms with E-state index in [9.17, 15) is 23.7 Å². The van der Waals surface area contributed by atoms with E-state index in [1.165, 1.54) is 0 Å². The Kier molecular flexibility index (Phi) is 5.81. The first-order valence-electron chi connectivity index (χ1n) is 5.75. The Morgan fingerprint density at radius 1 is 1.19 bits per heavy atom. The van der Waals surface area contributed by atoms with Gasteiger partial charge in [0.05, 0.1) is 12.7 Å². The van der Waals surface area contributed by atoms with E-state index >= 15 is 0 Å². The lowest BCUT2D eigenvalue weighted by molar-refractivity contribution is -0.00418. The number of ether oxygens (including phenoxy) is 1. The van der Waals surface area contributed by atoms with E-state index in [-0.39, 0.29) is 6.42 Å². The first kappa shape index (κ1) is 17.7. The average molecular weight is 370 g/mol. The summed E-state index contributed by atoms with van der Waals surface area (Å²) in [6.45, 7) is -0.741. The minimum atomic E-state index is -5.57. The van der Waals surface area contributed by atoms with Gasteiger partial charge in [-0.05, 0) is 7.76 Å². The van der Waals surface area contributed by atoms with Gasteiger partial charge in [0.1, 0.15) is 13.9 Å². The molecule has 123 valence electrons. The summed E-state index contributed by atoms with van der Waals surface area (Å²) in [5.74, 6) is 0. The first-order valence-corrected chi connectivity index (χ1v) is 9.69. The second kappa shape index (κ2) is 6.88. The Morgan fingerprint density at radius 3 is 2.29 bits per heavy atom. The summed E-state index contributed by atoms with van der Waals surface area (Å²) in [5, 5.41) is 9.52. The number of aliphatic hydroxyl groups is 1. The highest BCUT2D eigenvalue weighted by Gasteiger charge is 2.42. The van der Waals surface area contributed by atoms with Crippen molar-refractivity contribution in [2.45, 2.75) is 24.6 Å². The summed E-state index contributed by atoms with van der Waals surface area (Å²) in [5.41, 5.74) is 0. The van der Waals surface area contributed by atoms with Gasteiger partial charge in [-0.25, -0.2) is 13.7 Å². The van der Waals surface area contributed by atoms with Crippen molar-refractivity contribution in [1.82, 2.24) is 0 Å².